The van der Waals surface area contributed by atoms with Gasteiger partial charge in [0.2, 0.25) is 0 Å². The maximum absolute atomic E-state index is 11.4. The summed E-state index contributed by atoms with van der Waals surface area (Å²) in [5.74, 6) is -0.448. The number of unbranched alkanes of at least 4 members (excludes halogenated alkanes) is 8. The summed E-state index contributed by atoms with van der Waals surface area (Å²) in [5.41, 5.74) is 0. The molecule has 0 aromatic rings. The fourth-order valence-electron chi connectivity index (χ4n) is 2.02. The highest BCUT2D eigenvalue weighted by Gasteiger charge is 2.15. The first-order valence-corrected chi connectivity index (χ1v) is 8.07. The lowest BCUT2D eigenvalue weighted by atomic mass is 10.1. The van der Waals surface area contributed by atoms with Crippen LogP contribution < -0.4 is 0 Å². The van der Waals surface area contributed by atoms with E-state index in [9.17, 15) is 9.90 Å². The minimum absolute atomic E-state index is 0.448. The lowest BCUT2D eigenvalue weighted by molar-refractivity contribution is -0.154. The van der Waals surface area contributed by atoms with Gasteiger partial charge in [-0.2, -0.15) is 0 Å². The zero-order chi connectivity index (χ0) is 14.3. The molecule has 19 heavy (non-hydrogen) atoms. The van der Waals surface area contributed by atoms with E-state index in [2.05, 4.69) is 6.92 Å². The van der Waals surface area contributed by atoms with Crippen molar-refractivity contribution in [1.82, 2.24) is 0 Å². The number of ether oxygens (including phenoxy) is 1. The van der Waals surface area contributed by atoms with E-state index in [4.69, 9.17) is 4.74 Å². The van der Waals surface area contributed by atoms with Gasteiger partial charge in [0.15, 0.2) is 6.10 Å². The Kier molecular flexibility index (Phi) is 13.4. The summed E-state index contributed by atoms with van der Waals surface area (Å²) in [6.07, 6.45) is 11.3. The summed E-state index contributed by atoms with van der Waals surface area (Å²) in [6.45, 7) is 4.72. The topological polar surface area (TPSA) is 46.5 Å². The average molecular weight is 272 g/mol. The molecule has 0 spiro atoms. The second-order valence-corrected chi connectivity index (χ2v) is 5.30. The van der Waals surface area contributed by atoms with E-state index in [0.717, 1.165) is 25.7 Å². The summed E-state index contributed by atoms with van der Waals surface area (Å²) in [4.78, 5) is 11.4. The predicted octanol–water partition coefficient (Wildman–Crippen LogP) is 4.22. The second-order valence-electron chi connectivity index (χ2n) is 5.30. The molecule has 0 aliphatic carbocycles. The van der Waals surface area contributed by atoms with E-state index < -0.39 is 12.1 Å². The van der Waals surface area contributed by atoms with Crippen molar-refractivity contribution in [1.29, 1.82) is 0 Å². The van der Waals surface area contributed by atoms with Crippen LogP contribution in [0.25, 0.3) is 0 Å². The summed E-state index contributed by atoms with van der Waals surface area (Å²) in [5, 5.41) is 9.50. The lowest BCUT2D eigenvalue weighted by Crippen LogP contribution is -2.23. The standard InChI is InChI=1S/C16H32O3/c1-3-5-7-8-9-10-11-12-14-19-16(18)15(17)13-6-4-2/h15,17H,3-14H2,1-2H3. The minimum atomic E-state index is -0.922. The maximum atomic E-state index is 11.4. The van der Waals surface area contributed by atoms with Gasteiger partial charge in [0.25, 0.3) is 0 Å². The number of hydrogen-bond donors (Lipinski definition) is 1. The van der Waals surface area contributed by atoms with Crippen LogP contribution in [0.4, 0.5) is 0 Å². The Morgan fingerprint density at radius 3 is 2.00 bits per heavy atom. The van der Waals surface area contributed by atoms with Crippen LogP contribution >= 0.6 is 0 Å². The summed E-state index contributed by atoms with van der Waals surface area (Å²) in [6, 6.07) is 0. The third-order valence-corrected chi connectivity index (χ3v) is 3.35. The third-order valence-electron chi connectivity index (χ3n) is 3.35. The summed E-state index contributed by atoms with van der Waals surface area (Å²) in [7, 11) is 0. The molecule has 3 heteroatoms. The molecule has 0 bridgehead atoms. The molecule has 0 fully saturated rings. The van der Waals surface area contributed by atoms with Gasteiger partial charge in [-0.25, -0.2) is 4.79 Å². The SMILES string of the molecule is CCCCCCCCCCOC(=O)C(O)CCCC. The molecular weight excluding hydrogens is 240 g/mol. The van der Waals surface area contributed by atoms with Crippen molar-refractivity contribution >= 4 is 5.97 Å². The first-order chi connectivity index (χ1) is 9.22. The number of esters is 1. The highest BCUT2D eigenvalue weighted by Crippen LogP contribution is 2.09. The zero-order valence-electron chi connectivity index (χ0n) is 12.8. The van der Waals surface area contributed by atoms with Crippen LogP contribution in [0.1, 0.15) is 84.5 Å². The van der Waals surface area contributed by atoms with E-state index in [1.54, 1.807) is 0 Å². The van der Waals surface area contributed by atoms with Gasteiger partial charge in [0, 0.05) is 0 Å². The summed E-state index contributed by atoms with van der Waals surface area (Å²) >= 11 is 0. The Bertz CT molecular complexity index is 204. The van der Waals surface area contributed by atoms with Gasteiger partial charge in [-0.1, -0.05) is 71.6 Å². The molecule has 0 aromatic heterocycles. The number of carbonyl (C=O) groups is 1. The number of carbonyl (C=O) groups excluding carboxylic acids is 1. The second kappa shape index (κ2) is 13.9. The Morgan fingerprint density at radius 1 is 0.895 bits per heavy atom. The van der Waals surface area contributed by atoms with Crippen LogP contribution in [-0.4, -0.2) is 23.8 Å². The maximum Gasteiger partial charge on any atom is 0.334 e. The van der Waals surface area contributed by atoms with Crippen LogP contribution in [-0.2, 0) is 9.53 Å². The van der Waals surface area contributed by atoms with E-state index in [0.29, 0.717) is 13.0 Å². The van der Waals surface area contributed by atoms with E-state index >= 15 is 0 Å². The molecule has 0 heterocycles. The highest BCUT2D eigenvalue weighted by atomic mass is 16.5. The lowest BCUT2D eigenvalue weighted by Gasteiger charge is -2.10. The Balaban J connectivity index is 3.27. The molecule has 114 valence electrons. The van der Waals surface area contributed by atoms with Crippen LogP contribution in [0.3, 0.4) is 0 Å². The minimum Gasteiger partial charge on any atom is -0.464 e. The van der Waals surface area contributed by atoms with Crippen LogP contribution in [0.5, 0.6) is 0 Å². The predicted molar refractivity (Wildman–Crippen MR) is 79.1 cm³/mol. The number of aliphatic hydroxyl groups is 1. The normalized spacial score (nSPS) is 12.4. The number of aliphatic hydroxyl groups excluding tert-OH is 1. The largest absolute Gasteiger partial charge is 0.464 e. The number of rotatable bonds is 13. The first-order valence-electron chi connectivity index (χ1n) is 8.07. The Labute approximate surface area is 118 Å². The van der Waals surface area contributed by atoms with E-state index in [1.807, 2.05) is 6.92 Å². The molecule has 3 nitrogen and oxygen atoms in total. The monoisotopic (exact) mass is 272 g/mol. The molecule has 1 unspecified atom stereocenters. The van der Waals surface area contributed by atoms with Crippen molar-refractivity contribution in [3.05, 3.63) is 0 Å². The molecule has 0 radical (unpaired) electrons. The van der Waals surface area contributed by atoms with E-state index in [-0.39, 0.29) is 0 Å². The van der Waals surface area contributed by atoms with Gasteiger partial charge in [-0.3, -0.25) is 0 Å². The molecule has 0 aliphatic rings. The first kappa shape index (κ1) is 18.4. The van der Waals surface area contributed by atoms with Crippen molar-refractivity contribution in [2.75, 3.05) is 6.61 Å². The fourth-order valence-corrected chi connectivity index (χ4v) is 2.02. The molecule has 0 aromatic carbocycles. The average Bonchev–Trinajstić information content (AvgIpc) is 2.42. The van der Waals surface area contributed by atoms with Gasteiger partial charge in [-0.15, -0.1) is 0 Å². The molecule has 0 amide bonds. The van der Waals surface area contributed by atoms with Gasteiger partial charge in [0.05, 0.1) is 6.61 Å². The molecule has 1 atom stereocenters. The van der Waals surface area contributed by atoms with Crippen LogP contribution in [0.15, 0.2) is 0 Å². The highest BCUT2D eigenvalue weighted by molar-refractivity contribution is 5.74. The Morgan fingerprint density at radius 2 is 1.42 bits per heavy atom. The van der Waals surface area contributed by atoms with Crippen molar-refractivity contribution in [2.45, 2.75) is 90.6 Å². The van der Waals surface area contributed by atoms with Crippen molar-refractivity contribution in [3.8, 4) is 0 Å². The zero-order valence-corrected chi connectivity index (χ0v) is 12.8. The van der Waals surface area contributed by atoms with Crippen LogP contribution in [0, 0.1) is 0 Å². The third kappa shape index (κ3) is 12.2. The quantitative estimate of drug-likeness (QED) is 0.403. The van der Waals surface area contributed by atoms with Crippen molar-refractivity contribution in [2.24, 2.45) is 0 Å². The fraction of sp³-hybridized carbons (Fsp3) is 0.938. The van der Waals surface area contributed by atoms with Gasteiger partial charge >= 0.3 is 5.97 Å². The van der Waals surface area contributed by atoms with Gasteiger partial charge in [0.1, 0.15) is 0 Å². The van der Waals surface area contributed by atoms with Gasteiger partial charge in [-0.05, 0) is 12.8 Å². The Hall–Kier alpha value is -0.570. The van der Waals surface area contributed by atoms with Crippen molar-refractivity contribution in [3.63, 3.8) is 0 Å². The van der Waals surface area contributed by atoms with Crippen molar-refractivity contribution < 1.29 is 14.6 Å². The molecule has 0 saturated heterocycles. The molecule has 0 aliphatic heterocycles. The smallest absolute Gasteiger partial charge is 0.334 e. The van der Waals surface area contributed by atoms with E-state index in [1.165, 1.54) is 38.5 Å². The summed E-state index contributed by atoms with van der Waals surface area (Å²) < 4.78 is 5.06. The molecular formula is C16H32O3. The molecule has 1 N–H and O–H groups in total. The molecule has 0 saturated carbocycles. The van der Waals surface area contributed by atoms with Gasteiger partial charge < -0.3 is 9.84 Å². The number of hydrogen-bond acceptors (Lipinski definition) is 3. The van der Waals surface area contributed by atoms with Crippen LogP contribution in [0.2, 0.25) is 0 Å². The molecule has 0 rings (SSSR count).